The van der Waals surface area contributed by atoms with Gasteiger partial charge in [0.1, 0.15) is 11.4 Å². The lowest BCUT2D eigenvalue weighted by molar-refractivity contribution is 0.0942. The largest absolute Gasteiger partial charge is 0.279 e. The zero-order valence-electron chi connectivity index (χ0n) is 13.9. The van der Waals surface area contributed by atoms with Crippen LogP contribution in [0.15, 0.2) is 52.7 Å². The van der Waals surface area contributed by atoms with Gasteiger partial charge in [-0.15, -0.1) is 10.2 Å². The molecule has 0 radical (unpaired) electrons. The first-order valence-corrected chi connectivity index (χ1v) is 8.74. The van der Waals surface area contributed by atoms with Crippen LogP contribution < -0.4 is 0 Å². The number of hydrogen-bond donors (Lipinski definition) is 0. The highest BCUT2D eigenvalue weighted by Gasteiger charge is 2.19. The average molecular weight is 408 g/mol. The number of hydrogen-bond acceptors (Lipinski definition) is 4. The van der Waals surface area contributed by atoms with E-state index in [-0.39, 0.29) is 5.91 Å². The van der Waals surface area contributed by atoms with Gasteiger partial charge in [0.05, 0.1) is 32.0 Å². The Morgan fingerprint density at radius 2 is 1.65 bits per heavy atom. The Morgan fingerprint density at radius 1 is 0.962 bits per heavy atom. The minimum absolute atomic E-state index is 0.313. The van der Waals surface area contributed by atoms with Crippen molar-refractivity contribution in [2.24, 2.45) is 10.2 Å². The lowest BCUT2D eigenvalue weighted by Crippen LogP contribution is -2.15. The van der Waals surface area contributed by atoms with Gasteiger partial charge in [-0.2, -0.15) is 9.78 Å². The van der Waals surface area contributed by atoms with E-state index in [2.05, 4.69) is 15.3 Å². The molecular weight excluding hydrogens is 395 g/mol. The summed E-state index contributed by atoms with van der Waals surface area (Å²) < 4.78 is 1.27. The summed E-state index contributed by atoms with van der Waals surface area (Å²) in [6.07, 6.45) is 0. The van der Waals surface area contributed by atoms with Crippen LogP contribution in [0.2, 0.25) is 15.1 Å². The van der Waals surface area contributed by atoms with Gasteiger partial charge in [-0.05, 0) is 38.1 Å². The fraction of sp³-hybridized carbons (Fsp3) is 0.111. The van der Waals surface area contributed by atoms with Crippen LogP contribution in [-0.4, -0.2) is 15.7 Å². The third-order valence-corrected chi connectivity index (χ3v) is 4.88. The van der Waals surface area contributed by atoms with Crippen LogP contribution >= 0.6 is 34.8 Å². The van der Waals surface area contributed by atoms with Gasteiger partial charge in [0.15, 0.2) is 0 Å². The lowest BCUT2D eigenvalue weighted by Gasteiger charge is -2.04. The summed E-state index contributed by atoms with van der Waals surface area (Å²) in [4.78, 5) is 12.7. The van der Waals surface area contributed by atoms with E-state index in [1.807, 2.05) is 0 Å². The Morgan fingerprint density at radius 3 is 2.38 bits per heavy atom. The van der Waals surface area contributed by atoms with E-state index in [1.165, 1.54) is 4.68 Å². The lowest BCUT2D eigenvalue weighted by atomic mass is 10.2. The van der Waals surface area contributed by atoms with Crippen molar-refractivity contribution in [3.8, 4) is 0 Å². The molecule has 0 N–H and O–H groups in total. The number of carbonyl (C=O) groups is 1. The quantitative estimate of drug-likeness (QED) is 0.461. The van der Waals surface area contributed by atoms with E-state index in [0.717, 1.165) is 0 Å². The molecule has 0 aliphatic carbocycles. The van der Waals surface area contributed by atoms with Crippen LogP contribution in [0.25, 0.3) is 0 Å². The van der Waals surface area contributed by atoms with Crippen molar-refractivity contribution in [1.29, 1.82) is 0 Å². The van der Waals surface area contributed by atoms with Crippen LogP contribution in [0.4, 0.5) is 11.4 Å². The molecule has 0 spiro atoms. The Balaban J connectivity index is 1.99. The number of aromatic nitrogens is 2. The topological polar surface area (TPSA) is 59.6 Å². The molecule has 1 heterocycles. The third-order valence-electron chi connectivity index (χ3n) is 3.74. The van der Waals surface area contributed by atoms with Crippen molar-refractivity contribution >= 4 is 52.1 Å². The van der Waals surface area contributed by atoms with Gasteiger partial charge in [0.2, 0.25) is 0 Å². The Labute approximate surface area is 165 Å². The Kier molecular flexibility index (Phi) is 5.41. The van der Waals surface area contributed by atoms with E-state index in [9.17, 15) is 4.79 Å². The monoisotopic (exact) mass is 406 g/mol. The second-order valence-corrected chi connectivity index (χ2v) is 6.68. The maximum absolute atomic E-state index is 12.7. The smallest absolute Gasteiger partial charge is 0.267 e. The molecule has 0 amide bonds. The molecular formula is C18H13Cl3N4O. The number of carbonyl (C=O) groups excluding carboxylic acids is 1. The first-order chi connectivity index (χ1) is 12.4. The molecule has 0 aliphatic heterocycles. The van der Waals surface area contributed by atoms with Crippen molar-refractivity contribution in [3.05, 3.63) is 74.5 Å². The summed E-state index contributed by atoms with van der Waals surface area (Å²) >= 11 is 18.2. The van der Waals surface area contributed by atoms with E-state index in [1.54, 1.807) is 56.3 Å². The minimum atomic E-state index is -0.335. The van der Waals surface area contributed by atoms with Gasteiger partial charge < -0.3 is 0 Å². The van der Waals surface area contributed by atoms with E-state index in [4.69, 9.17) is 34.8 Å². The third kappa shape index (κ3) is 3.51. The number of nitrogens with zero attached hydrogens (tertiary/aromatic N) is 4. The molecule has 1 aromatic heterocycles. The number of azo groups is 1. The Bertz CT molecular complexity index is 1030. The molecule has 0 unspecified atom stereocenters. The fourth-order valence-electron chi connectivity index (χ4n) is 2.40. The van der Waals surface area contributed by atoms with Crippen LogP contribution in [0, 0.1) is 13.8 Å². The van der Waals surface area contributed by atoms with E-state index < -0.39 is 0 Å². The van der Waals surface area contributed by atoms with Gasteiger partial charge in [-0.25, -0.2) is 0 Å². The van der Waals surface area contributed by atoms with Crippen LogP contribution in [0.1, 0.15) is 21.7 Å². The van der Waals surface area contributed by atoms with Gasteiger partial charge in [0.25, 0.3) is 5.91 Å². The molecule has 0 atom stereocenters. The second kappa shape index (κ2) is 7.58. The molecule has 0 saturated heterocycles. The van der Waals surface area contributed by atoms with Crippen molar-refractivity contribution in [2.75, 3.05) is 0 Å². The predicted octanol–water partition coefficient (Wildman–Crippen LogP) is 6.56. The molecule has 0 saturated carbocycles. The number of halogens is 3. The second-order valence-electron chi connectivity index (χ2n) is 5.49. The first kappa shape index (κ1) is 18.6. The summed E-state index contributed by atoms with van der Waals surface area (Å²) in [6, 6.07) is 11.9. The molecule has 3 aromatic rings. The zero-order valence-corrected chi connectivity index (χ0v) is 16.1. The zero-order chi connectivity index (χ0) is 18.8. The summed E-state index contributed by atoms with van der Waals surface area (Å²) in [5.41, 5.74) is 2.39. The molecule has 0 bridgehead atoms. The highest BCUT2D eigenvalue weighted by atomic mass is 35.5. The summed E-state index contributed by atoms with van der Waals surface area (Å²) in [5.74, 6) is -0.335. The first-order valence-electron chi connectivity index (χ1n) is 7.61. The van der Waals surface area contributed by atoms with Crippen molar-refractivity contribution < 1.29 is 4.79 Å². The summed E-state index contributed by atoms with van der Waals surface area (Å²) in [6.45, 7) is 3.49. The average Bonchev–Trinajstić information content (AvgIpc) is 2.90. The van der Waals surface area contributed by atoms with Crippen molar-refractivity contribution in [1.82, 2.24) is 9.78 Å². The highest BCUT2D eigenvalue weighted by Crippen LogP contribution is 2.34. The van der Waals surface area contributed by atoms with Gasteiger partial charge in [-0.3, -0.25) is 4.79 Å². The normalized spacial score (nSPS) is 11.3. The van der Waals surface area contributed by atoms with Crippen molar-refractivity contribution in [2.45, 2.75) is 13.8 Å². The summed E-state index contributed by atoms with van der Waals surface area (Å²) in [5, 5.41) is 13.7. The molecule has 5 nitrogen and oxygen atoms in total. The number of rotatable bonds is 3. The summed E-state index contributed by atoms with van der Waals surface area (Å²) in [7, 11) is 0. The van der Waals surface area contributed by atoms with Crippen molar-refractivity contribution in [3.63, 3.8) is 0 Å². The molecule has 26 heavy (non-hydrogen) atoms. The number of benzene rings is 2. The molecule has 0 fully saturated rings. The predicted molar refractivity (Wildman–Crippen MR) is 104 cm³/mol. The maximum Gasteiger partial charge on any atom is 0.279 e. The minimum Gasteiger partial charge on any atom is -0.267 e. The van der Waals surface area contributed by atoms with Crippen LogP contribution in [0.5, 0.6) is 0 Å². The Hall–Kier alpha value is -2.21. The molecule has 132 valence electrons. The standard InChI is InChI=1S/C18H13Cl3N4O/c1-10-17(23-22-15-9-5-8-14(20)16(15)21)11(2)25(24-10)18(26)12-6-3-4-7-13(12)19/h3-9H,1-2H3. The van der Waals surface area contributed by atoms with Gasteiger partial charge >= 0.3 is 0 Å². The SMILES string of the molecule is Cc1nn(C(=O)c2ccccc2Cl)c(C)c1N=Nc1cccc(Cl)c1Cl. The van der Waals surface area contributed by atoms with Gasteiger partial charge in [0, 0.05) is 0 Å². The number of aryl methyl sites for hydroxylation is 1. The van der Waals surface area contributed by atoms with Crippen LogP contribution in [0.3, 0.4) is 0 Å². The molecule has 2 aromatic carbocycles. The van der Waals surface area contributed by atoms with E-state index >= 15 is 0 Å². The van der Waals surface area contributed by atoms with E-state index in [0.29, 0.717) is 43.4 Å². The molecule has 0 aliphatic rings. The fourth-order valence-corrected chi connectivity index (χ4v) is 2.95. The van der Waals surface area contributed by atoms with Gasteiger partial charge in [-0.1, -0.05) is 53.0 Å². The highest BCUT2D eigenvalue weighted by molar-refractivity contribution is 6.43. The molecule has 3 rings (SSSR count). The maximum atomic E-state index is 12.7. The van der Waals surface area contributed by atoms with Crippen LogP contribution in [-0.2, 0) is 0 Å². The molecule has 8 heteroatoms.